The van der Waals surface area contributed by atoms with Crippen molar-refractivity contribution in [3.05, 3.63) is 34.9 Å². The van der Waals surface area contributed by atoms with Crippen LogP contribution in [-0.2, 0) is 4.79 Å². The highest BCUT2D eigenvalue weighted by atomic mass is 19.1. The fraction of sp³-hybridized carbons (Fsp3) is 0. The molecule has 0 amide bonds. The Kier molecular flexibility index (Phi) is 3.08. The van der Waals surface area contributed by atoms with Crippen molar-refractivity contribution in [2.24, 2.45) is 0 Å². The fourth-order valence-electron chi connectivity index (χ4n) is 0.881. The van der Waals surface area contributed by atoms with Gasteiger partial charge >= 0.3 is 0 Å². The Morgan fingerprint density at radius 3 is 2.50 bits per heavy atom. The predicted molar refractivity (Wildman–Crippen MR) is 44.7 cm³/mol. The summed E-state index contributed by atoms with van der Waals surface area (Å²) in [6, 6.07) is 1.98. The van der Waals surface area contributed by atoms with Gasteiger partial charge in [0.2, 0.25) is 0 Å². The zero-order valence-corrected chi connectivity index (χ0v) is 6.88. The maximum absolute atomic E-state index is 13.2. The summed E-state index contributed by atoms with van der Waals surface area (Å²) >= 11 is 0. The summed E-state index contributed by atoms with van der Waals surface area (Å²) in [5.74, 6) is 2.12. The van der Waals surface area contributed by atoms with Crippen molar-refractivity contribution in [1.82, 2.24) is 0 Å². The van der Waals surface area contributed by atoms with E-state index in [1.54, 1.807) is 0 Å². The van der Waals surface area contributed by atoms with Gasteiger partial charge in [-0.05, 0) is 18.1 Å². The van der Waals surface area contributed by atoms with Gasteiger partial charge in [-0.1, -0.05) is 5.92 Å². The topological polar surface area (TPSA) is 34.1 Å². The van der Waals surface area contributed by atoms with E-state index in [4.69, 9.17) is 0 Å². The Morgan fingerprint density at radius 2 is 1.93 bits per heavy atom. The predicted octanol–water partition coefficient (Wildman–Crippen LogP) is 1.33. The molecule has 0 heterocycles. The van der Waals surface area contributed by atoms with E-state index >= 15 is 0 Å². The summed E-state index contributed by atoms with van der Waals surface area (Å²) in [6.07, 6.45) is 0.347. The molecule has 1 rings (SSSR count). The number of rotatable bonds is 1. The van der Waals surface area contributed by atoms with Crippen molar-refractivity contribution in [1.29, 1.82) is 0 Å². The molecule has 0 bridgehead atoms. The van der Waals surface area contributed by atoms with E-state index < -0.39 is 17.2 Å². The van der Waals surface area contributed by atoms with Crippen molar-refractivity contribution in [2.45, 2.75) is 0 Å². The van der Waals surface area contributed by atoms with Gasteiger partial charge in [0.15, 0.2) is 18.4 Å². The molecule has 14 heavy (non-hydrogen) atoms. The normalized spacial score (nSPS) is 8.71. The standard InChI is InChI=1S/C10H4F2O2/c11-9-4-3-7(2-1-5-13)10(12)8(9)6-14/h3-6H. The van der Waals surface area contributed by atoms with Crippen molar-refractivity contribution >= 4 is 12.6 Å². The Balaban J connectivity index is 3.34. The van der Waals surface area contributed by atoms with Crippen molar-refractivity contribution in [2.75, 3.05) is 0 Å². The third-order valence-corrected chi connectivity index (χ3v) is 1.51. The van der Waals surface area contributed by atoms with E-state index in [1.165, 1.54) is 0 Å². The number of aldehydes is 2. The Hall–Kier alpha value is -2.02. The van der Waals surface area contributed by atoms with Crippen LogP contribution in [0.4, 0.5) is 8.78 Å². The summed E-state index contributed by atoms with van der Waals surface area (Å²) in [5.41, 5.74) is -0.858. The monoisotopic (exact) mass is 194 g/mol. The molecular weight excluding hydrogens is 190 g/mol. The molecule has 0 aliphatic heterocycles. The molecule has 0 spiro atoms. The lowest BCUT2D eigenvalue weighted by Gasteiger charge is -1.98. The molecule has 0 radical (unpaired) electrons. The van der Waals surface area contributed by atoms with Gasteiger partial charge < -0.3 is 0 Å². The molecular formula is C10H4F2O2. The summed E-state index contributed by atoms with van der Waals surface area (Å²) in [7, 11) is 0. The summed E-state index contributed by atoms with van der Waals surface area (Å²) < 4.78 is 25.9. The second-order valence-electron chi connectivity index (χ2n) is 2.33. The number of carbonyl (C=O) groups is 2. The van der Waals surface area contributed by atoms with Gasteiger partial charge in [0.05, 0.1) is 11.1 Å². The maximum atomic E-state index is 13.2. The second-order valence-corrected chi connectivity index (χ2v) is 2.33. The van der Waals surface area contributed by atoms with Crippen LogP contribution >= 0.6 is 0 Å². The van der Waals surface area contributed by atoms with Gasteiger partial charge in [-0.3, -0.25) is 9.59 Å². The average molecular weight is 194 g/mol. The molecule has 0 aromatic heterocycles. The van der Waals surface area contributed by atoms with Gasteiger partial charge in [0, 0.05) is 0 Å². The Morgan fingerprint density at radius 1 is 1.21 bits per heavy atom. The number of benzene rings is 1. The Bertz CT molecular complexity index is 441. The first-order chi connectivity index (χ1) is 6.70. The molecule has 0 saturated heterocycles. The van der Waals surface area contributed by atoms with Crippen LogP contribution in [0.1, 0.15) is 15.9 Å². The molecule has 0 fully saturated rings. The quantitative estimate of drug-likeness (QED) is 0.499. The molecule has 0 unspecified atom stereocenters. The van der Waals surface area contributed by atoms with Crippen LogP contribution in [0.25, 0.3) is 0 Å². The Labute approximate surface area is 78.5 Å². The first-order valence-corrected chi connectivity index (χ1v) is 3.59. The van der Waals surface area contributed by atoms with Gasteiger partial charge in [-0.2, -0.15) is 0 Å². The van der Waals surface area contributed by atoms with E-state index in [-0.39, 0.29) is 18.1 Å². The number of carbonyl (C=O) groups excluding carboxylic acids is 2. The fourth-order valence-corrected chi connectivity index (χ4v) is 0.881. The highest BCUT2D eigenvalue weighted by Gasteiger charge is 2.10. The number of hydrogen-bond acceptors (Lipinski definition) is 2. The maximum Gasteiger partial charge on any atom is 0.193 e. The highest BCUT2D eigenvalue weighted by molar-refractivity contribution is 5.78. The van der Waals surface area contributed by atoms with Crippen LogP contribution in [-0.4, -0.2) is 12.6 Å². The molecule has 0 N–H and O–H groups in total. The molecule has 0 aliphatic rings. The molecule has 1 aromatic carbocycles. The van der Waals surface area contributed by atoms with Gasteiger partial charge in [-0.15, -0.1) is 0 Å². The minimum Gasteiger partial charge on any atom is -0.298 e. The van der Waals surface area contributed by atoms with E-state index in [2.05, 4.69) is 5.92 Å². The first kappa shape index (κ1) is 10.1. The van der Waals surface area contributed by atoms with E-state index in [0.29, 0.717) is 0 Å². The third-order valence-electron chi connectivity index (χ3n) is 1.51. The minimum absolute atomic E-state index is 0.0662. The zero-order chi connectivity index (χ0) is 10.6. The molecule has 2 nitrogen and oxygen atoms in total. The third kappa shape index (κ3) is 1.83. The molecule has 0 atom stereocenters. The molecule has 1 aromatic rings. The lowest BCUT2D eigenvalue weighted by Crippen LogP contribution is -1.96. The summed E-state index contributed by atoms with van der Waals surface area (Å²) in [6.45, 7) is 0. The lowest BCUT2D eigenvalue weighted by molar-refractivity contribution is -0.103. The van der Waals surface area contributed by atoms with Crippen LogP contribution in [0.3, 0.4) is 0 Å². The van der Waals surface area contributed by atoms with Gasteiger partial charge in [0.25, 0.3) is 0 Å². The van der Waals surface area contributed by atoms with E-state index in [9.17, 15) is 18.4 Å². The summed E-state index contributed by atoms with van der Waals surface area (Å²) in [5, 5.41) is 0. The minimum atomic E-state index is -1.05. The summed E-state index contributed by atoms with van der Waals surface area (Å²) in [4.78, 5) is 20.1. The van der Waals surface area contributed by atoms with Crippen LogP contribution in [0.15, 0.2) is 12.1 Å². The van der Waals surface area contributed by atoms with E-state index in [0.717, 1.165) is 12.1 Å². The van der Waals surface area contributed by atoms with Crippen LogP contribution in [0, 0.1) is 23.5 Å². The number of hydrogen-bond donors (Lipinski definition) is 0. The van der Waals surface area contributed by atoms with Crippen molar-refractivity contribution in [3.63, 3.8) is 0 Å². The average Bonchev–Trinajstić information content (AvgIpc) is 2.18. The smallest absolute Gasteiger partial charge is 0.193 e. The zero-order valence-electron chi connectivity index (χ0n) is 6.88. The van der Waals surface area contributed by atoms with Crippen molar-refractivity contribution in [3.8, 4) is 11.8 Å². The van der Waals surface area contributed by atoms with Crippen molar-refractivity contribution < 1.29 is 18.4 Å². The second kappa shape index (κ2) is 4.28. The largest absolute Gasteiger partial charge is 0.298 e. The molecule has 0 saturated carbocycles. The highest BCUT2D eigenvalue weighted by Crippen LogP contribution is 2.13. The van der Waals surface area contributed by atoms with Crippen LogP contribution < -0.4 is 0 Å². The van der Waals surface area contributed by atoms with Crippen LogP contribution in [0.2, 0.25) is 0 Å². The first-order valence-electron chi connectivity index (χ1n) is 3.59. The van der Waals surface area contributed by atoms with Crippen LogP contribution in [0.5, 0.6) is 0 Å². The SMILES string of the molecule is O=CC#Cc1ccc(F)c(C=O)c1F. The lowest BCUT2D eigenvalue weighted by atomic mass is 10.1. The van der Waals surface area contributed by atoms with Gasteiger partial charge in [-0.25, -0.2) is 8.78 Å². The van der Waals surface area contributed by atoms with Gasteiger partial charge in [0.1, 0.15) is 5.82 Å². The van der Waals surface area contributed by atoms with E-state index in [1.807, 2.05) is 5.92 Å². The molecule has 70 valence electrons. The molecule has 0 aliphatic carbocycles. The molecule has 4 heteroatoms. The number of halogens is 2.